The van der Waals surface area contributed by atoms with Crippen LogP contribution in [0.2, 0.25) is 0 Å². The highest BCUT2D eigenvalue weighted by Gasteiger charge is 2.28. The molecule has 1 N–H and O–H groups in total. The van der Waals surface area contributed by atoms with Crippen LogP contribution in [0, 0.1) is 5.92 Å². The third kappa shape index (κ3) is 4.89. The van der Waals surface area contributed by atoms with Crippen LogP contribution in [0.15, 0.2) is 29.1 Å². The van der Waals surface area contributed by atoms with Crippen LogP contribution in [0.1, 0.15) is 50.9 Å². The SMILES string of the molecule is CN=C(NCCc1nc(C(C)(C)C)cs1)N1CCC(C)C(n2ccnc2)C1. The van der Waals surface area contributed by atoms with Crippen molar-refractivity contribution in [1.82, 2.24) is 24.8 Å². The van der Waals surface area contributed by atoms with Crippen LogP contribution in [-0.2, 0) is 11.8 Å². The van der Waals surface area contributed by atoms with Gasteiger partial charge in [0.05, 0.1) is 23.1 Å². The maximum atomic E-state index is 4.79. The fraction of sp³-hybridized carbons (Fsp3) is 0.650. The van der Waals surface area contributed by atoms with E-state index < -0.39 is 0 Å². The fourth-order valence-corrected chi connectivity index (χ4v) is 4.50. The highest BCUT2D eigenvalue weighted by Crippen LogP contribution is 2.27. The molecular weight excluding hydrogens is 356 g/mol. The molecule has 0 spiro atoms. The fourth-order valence-electron chi connectivity index (χ4n) is 3.48. The molecule has 2 aromatic rings. The van der Waals surface area contributed by atoms with E-state index in [1.54, 1.807) is 11.3 Å². The van der Waals surface area contributed by atoms with Gasteiger partial charge in [0.2, 0.25) is 0 Å². The predicted octanol–water partition coefficient (Wildman–Crippen LogP) is 3.34. The van der Waals surface area contributed by atoms with Crippen molar-refractivity contribution < 1.29 is 0 Å². The van der Waals surface area contributed by atoms with Gasteiger partial charge in [0.25, 0.3) is 0 Å². The molecule has 1 saturated heterocycles. The average Bonchev–Trinajstić information content (AvgIpc) is 3.31. The Morgan fingerprint density at radius 2 is 2.22 bits per heavy atom. The van der Waals surface area contributed by atoms with E-state index in [-0.39, 0.29) is 5.41 Å². The van der Waals surface area contributed by atoms with E-state index >= 15 is 0 Å². The molecule has 0 amide bonds. The zero-order valence-corrected chi connectivity index (χ0v) is 18.0. The Balaban J connectivity index is 1.55. The van der Waals surface area contributed by atoms with E-state index in [2.05, 4.69) is 64.0 Å². The van der Waals surface area contributed by atoms with Crippen molar-refractivity contribution in [1.29, 1.82) is 0 Å². The molecule has 7 heteroatoms. The van der Waals surface area contributed by atoms with Crippen LogP contribution < -0.4 is 5.32 Å². The number of imidazole rings is 1. The summed E-state index contributed by atoms with van der Waals surface area (Å²) in [7, 11) is 1.87. The Morgan fingerprint density at radius 3 is 2.85 bits per heavy atom. The number of nitrogens with one attached hydrogen (secondary N) is 1. The summed E-state index contributed by atoms with van der Waals surface area (Å²) >= 11 is 1.76. The molecule has 1 aliphatic rings. The van der Waals surface area contributed by atoms with Crippen molar-refractivity contribution in [2.24, 2.45) is 10.9 Å². The maximum absolute atomic E-state index is 4.79. The number of aromatic nitrogens is 3. The average molecular weight is 389 g/mol. The van der Waals surface area contributed by atoms with Crippen molar-refractivity contribution in [3.8, 4) is 0 Å². The number of guanidine groups is 1. The number of rotatable bonds is 4. The van der Waals surface area contributed by atoms with Gasteiger partial charge in [-0.05, 0) is 12.3 Å². The van der Waals surface area contributed by atoms with Gasteiger partial charge in [0, 0.05) is 56.3 Å². The molecule has 2 aromatic heterocycles. The molecule has 27 heavy (non-hydrogen) atoms. The summed E-state index contributed by atoms with van der Waals surface area (Å²) in [5.41, 5.74) is 1.30. The monoisotopic (exact) mass is 388 g/mol. The number of thiazole rings is 1. The third-order valence-corrected chi connectivity index (χ3v) is 6.19. The molecule has 6 nitrogen and oxygen atoms in total. The van der Waals surface area contributed by atoms with E-state index in [0.29, 0.717) is 12.0 Å². The molecule has 0 saturated carbocycles. The smallest absolute Gasteiger partial charge is 0.193 e. The van der Waals surface area contributed by atoms with Gasteiger partial charge in [-0.15, -0.1) is 11.3 Å². The van der Waals surface area contributed by atoms with Crippen LogP contribution in [0.3, 0.4) is 0 Å². The Bertz CT molecular complexity index is 743. The minimum absolute atomic E-state index is 0.116. The Kier molecular flexibility index (Phi) is 6.19. The summed E-state index contributed by atoms with van der Waals surface area (Å²) in [5, 5.41) is 6.91. The lowest BCUT2D eigenvalue weighted by Gasteiger charge is -2.39. The first-order valence-corrected chi connectivity index (χ1v) is 10.6. The van der Waals surface area contributed by atoms with Gasteiger partial charge in [-0.2, -0.15) is 0 Å². The van der Waals surface area contributed by atoms with Crippen LogP contribution in [0.4, 0.5) is 0 Å². The number of nitrogens with zero attached hydrogens (tertiary/aromatic N) is 5. The number of piperidine rings is 1. The van der Waals surface area contributed by atoms with Gasteiger partial charge < -0.3 is 14.8 Å². The molecule has 1 fully saturated rings. The maximum Gasteiger partial charge on any atom is 0.193 e. The predicted molar refractivity (Wildman–Crippen MR) is 112 cm³/mol. The van der Waals surface area contributed by atoms with E-state index in [4.69, 9.17) is 4.98 Å². The first-order chi connectivity index (χ1) is 12.9. The van der Waals surface area contributed by atoms with Crippen molar-refractivity contribution in [2.45, 2.75) is 52.0 Å². The van der Waals surface area contributed by atoms with Crippen LogP contribution in [0.25, 0.3) is 0 Å². The Labute approximate surface area is 166 Å². The van der Waals surface area contributed by atoms with Crippen LogP contribution in [0.5, 0.6) is 0 Å². The van der Waals surface area contributed by atoms with Crippen molar-refractivity contribution >= 4 is 17.3 Å². The molecule has 3 heterocycles. The molecule has 2 atom stereocenters. The van der Waals surface area contributed by atoms with Gasteiger partial charge in [0.15, 0.2) is 5.96 Å². The van der Waals surface area contributed by atoms with Gasteiger partial charge in [0.1, 0.15) is 0 Å². The summed E-state index contributed by atoms with van der Waals surface area (Å²) in [6, 6.07) is 0.438. The molecule has 1 aliphatic heterocycles. The number of aliphatic imine (C=N–C) groups is 1. The second-order valence-electron chi connectivity index (χ2n) is 8.39. The molecule has 2 unspecified atom stereocenters. The molecule has 148 valence electrons. The zero-order chi connectivity index (χ0) is 19.4. The highest BCUT2D eigenvalue weighted by atomic mass is 32.1. The van der Waals surface area contributed by atoms with Gasteiger partial charge in [-0.25, -0.2) is 9.97 Å². The van der Waals surface area contributed by atoms with Gasteiger partial charge in [-0.1, -0.05) is 27.7 Å². The van der Waals surface area contributed by atoms with Gasteiger partial charge >= 0.3 is 0 Å². The Morgan fingerprint density at radius 1 is 1.41 bits per heavy atom. The van der Waals surface area contributed by atoms with Gasteiger partial charge in [-0.3, -0.25) is 4.99 Å². The highest BCUT2D eigenvalue weighted by molar-refractivity contribution is 7.09. The van der Waals surface area contributed by atoms with E-state index in [1.165, 1.54) is 10.7 Å². The third-order valence-electron chi connectivity index (χ3n) is 5.28. The lowest BCUT2D eigenvalue weighted by Crippen LogP contribution is -2.49. The van der Waals surface area contributed by atoms with E-state index in [1.807, 2.05) is 19.6 Å². The van der Waals surface area contributed by atoms with E-state index in [0.717, 1.165) is 38.4 Å². The second kappa shape index (κ2) is 8.42. The van der Waals surface area contributed by atoms with Crippen LogP contribution in [-0.4, -0.2) is 52.1 Å². The lowest BCUT2D eigenvalue weighted by molar-refractivity contribution is 0.189. The van der Waals surface area contributed by atoms with Crippen LogP contribution >= 0.6 is 11.3 Å². The minimum Gasteiger partial charge on any atom is -0.356 e. The zero-order valence-electron chi connectivity index (χ0n) is 17.1. The number of hydrogen-bond acceptors (Lipinski definition) is 4. The molecule has 3 rings (SSSR count). The summed E-state index contributed by atoms with van der Waals surface area (Å²) < 4.78 is 2.23. The summed E-state index contributed by atoms with van der Waals surface area (Å²) in [4.78, 5) is 15.9. The molecular formula is C20H32N6S. The number of hydrogen-bond donors (Lipinski definition) is 1. The lowest BCUT2D eigenvalue weighted by atomic mass is 9.93. The summed E-state index contributed by atoms with van der Waals surface area (Å²) in [6.45, 7) is 11.8. The quantitative estimate of drug-likeness (QED) is 0.645. The van der Waals surface area contributed by atoms with Crippen molar-refractivity contribution in [2.75, 3.05) is 26.7 Å². The molecule has 0 aliphatic carbocycles. The standard InChI is InChI=1S/C20H32N6S/c1-15-7-10-25(12-16(15)26-11-9-22-14-26)19(21-5)23-8-6-18-24-17(13-27-18)20(2,3)4/h9,11,13-16H,6-8,10,12H2,1-5H3,(H,21,23). The minimum atomic E-state index is 0.116. The number of likely N-dealkylation sites (tertiary alicyclic amines) is 1. The molecule has 0 radical (unpaired) electrons. The normalized spacial score (nSPS) is 21.5. The summed E-state index contributed by atoms with van der Waals surface area (Å²) in [6.07, 6.45) is 7.94. The topological polar surface area (TPSA) is 58.3 Å². The Hall–Kier alpha value is -1.89. The van der Waals surface area contributed by atoms with Crippen molar-refractivity contribution in [3.05, 3.63) is 34.8 Å². The molecule has 0 aromatic carbocycles. The largest absolute Gasteiger partial charge is 0.356 e. The first kappa shape index (κ1) is 19.9. The van der Waals surface area contributed by atoms with Crippen molar-refractivity contribution in [3.63, 3.8) is 0 Å². The second-order valence-corrected chi connectivity index (χ2v) is 9.33. The summed E-state index contributed by atoms with van der Waals surface area (Å²) in [5.74, 6) is 1.62. The molecule has 0 bridgehead atoms. The first-order valence-electron chi connectivity index (χ1n) is 9.76. The van der Waals surface area contributed by atoms with E-state index in [9.17, 15) is 0 Å².